The quantitative estimate of drug-likeness (QED) is 0.214. The third kappa shape index (κ3) is 5.83. The minimum atomic E-state index is -1.75. The van der Waals surface area contributed by atoms with Crippen molar-refractivity contribution in [3.63, 3.8) is 0 Å². The van der Waals surface area contributed by atoms with Crippen molar-refractivity contribution in [2.45, 2.75) is 50.1 Å². The predicted molar refractivity (Wildman–Crippen MR) is 157 cm³/mol. The average Bonchev–Trinajstić information content (AvgIpc) is 3.01. The molecule has 2 aromatic heterocycles. The Balaban J connectivity index is 1.29. The van der Waals surface area contributed by atoms with Gasteiger partial charge in [0.25, 0.3) is 0 Å². The highest BCUT2D eigenvalue weighted by Gasteiger charge is 2.46. The molecule has 1 aliphatic rings. The Kier molecular flexibility index (Phi) is 7.86. The topological polar surface area (TPSA) is 151 Å². The number of phenolic OH excluding ortho intramolecular Hbond substituents is 1. The van der Waals surface area contributed by atoms with Crippen molar-refractivity contribution in [2.24, 2.45) is 0 Å². The van der Waals surface area contributed by atoms with Gasteiger partial charge in [0.2, 0.25) is 0 Å². The van der Waals surface area contributed by atoms with Gasteiger partial charge >= 0.3 is 0 Å². The molecule has 1 aliphatic carbocycles. The Labute approximate surface area is 245 Å². The molecule has 0 unspecified atom stereocenters. The molecule has 0 fully saturated rings. The SMILES string of the molecule is O=c1cc(CCc2ccccc2)oc2c1[C@H](Oc1cc3c(=O)cc(CCc4ccccc4)oc3cc1O)[C@@H](O)[C@H](O)[C@H]2O. The molecule has 220 valence electrons. The first-order chi connectivity index (χ1) is 20.8. The second-order valence-electron chi connectivity index (χ2n) is 10.7. The standard InChI is InChI=1S/C34H30O9/c35-24-15-21(13-11-19-7-3-1-4-8-19)41-27-18-25(36)28(17-23(24)27)43-34-29-26(37)16-22(14-12-20-9-5-2-6-10-20)42-33(29)31(39)30(38)32(34)40/h1-10,15-18,30-32,34,36,38-40H,11-14H2/t30-,31-,32+,34+/m1/s1. The highest BCUT2D eigenvalue weighted by atomic mass is 16.5. The fourth-order valence-electron chi connectivity index (χ4n) is 5.41. The van der Waals surface area contributed by atoms with Crippen molar-refractivity contribution in [3.8, 4) is 11.5 Å². The van der Waals surface area contributed by atoms with Crippen molar-refractivity contribution in [1.29, 1.82) is 0 Å². The third-order valence-electron chi connectivity index (χ3n) is 7.72. The van der Waals surface area contributed by atoms with Gasteiger partial charge in [0, 0.05) is 31.0 Å². The van der Waals surface area contributed by atoms with Gasteiger partial charge in [-0.15, -0.1) is 0 Å². The molecule has 0 saturated heterocycles. The van der Waals surface area contributed by atoms with Crippen LogP contribution < -0.4 is 15.6 Å². The van der Waals surface area contributed by atoms with Crippen LogP contribution in [-0.2, 0) is 25.7 Å². The largest absolute Gasteiger partial charge is 0.504 e. The monoisotopic (exact) mass is 582 g/mol. The van der Waals surface area contributed by atoms with Crippen LogP contribution in [0.25, 0.3) is 11.0 Å². The number of fused-ring (bicyclic) bond motifs is 2. The lowest BCUT2D eigenvalue weighted by Crippen LogP contribution is -2.46. The molecule has 9 heteroatoms. The number of aryl methyl sites for hydroxylation is 4. The van der Waals surface area contributed by atoms with Crippen LogP contribution in [0.2, 0.25) is 0 Å². The summed E-state index contributed by atoms with van der Waals surface area (Å²) < 4.78 is 17.6. The first-order valence-electron chi connectivity index (χ1n) is 14.0. The fraction of sp³-hybridized carbons (Fsp3) is 0.235. The van der Waals surface area contributed by atoms with Gasteiger partial charge in [-0.3, -0.25) is 9.59 Å². The van der Waals surface area contributed by atoms with Crippen LogP contribution in [0.4, 0.5) is 0 Å². The molecule has 0 spiro atoms. The van der Waals surface area contributed by atoms with Crippen molar-refractivity contribution >= 4 is 11.0 Å². The van der Waals surface area contributed by atoms with Crippen molar-refractivity contribution in [2.75, 3.05) is 0 Å². The summed E-state index contributed by atoms with van der Waals surface area (Å²) in [5.74, 6) is -0.106. The molecule has 4 atom stereocenters. The van der Waals surface area contributed by atoms with Gasteiger partial charge in [0.1, 0.15) is 41.2 Å². The van der Waals surface area contributed by atoms with E-state index in [4.69, 9.17) is 13.6 Å². The molecule has 43 heavy (non-hydrogen) atoms. The fourth-order valence-corrected chi connectivity index (χ4v) is 5.41. The van der Waals surface area contributed by atoms with E-state index in [1.165, 1.54) is 24.3 Å². The molecule has 6 rings (SSSR count). The smallest absolute Gasteiger partial charge is 0.193 e. The lowest BCUT2D eigenvalue weighted by atomic mass is 9.86. The van der Waals surface area contributed by atoms with E-state index in [0.29, 0.717) is 37.2 Å². The van der Waals surface area contributed by atoms with Crippen molar-refractivity contribution < 1.29 is 34.0 Å². The van der Waals surface area contributed by atoms with Gasteiger partial charge in [-0.25, -0.2) is 0 Å². The van der Waals surface area contributed by atoms with E-state index >= 15 is 0 Å². The van der Waals surface area contributed by atoms with Crippen LogP contribution in [0.1, 0.15) is 46.2 Å². The van der Waals surface area contributed by atoms with Crippen LogP contribution in [0, 0.1) is 0 Å². The summed E-state index contributed by atoms with van der Waals surface area (Å²) in [4.78, 5) is 26.3. The molecule has 0 bridgehead atoms. The summed E-state index contributed by atoms with van der Waals surface area (Å²) in [6, 6.07) is 24.5. The number of rotatable bonds is 8. The maximum atomic E-state index is 13.3. The molecular formula is C34H30O9. The van der Waals surface area contributed by atoms with Crippen LogP contribution in [0.5, 0.6) is 11.5 Å². The molecular weight excluding hydrogens is 552 g/mol. The maximum absolute atomic E-state index is 13.3. The molecule has 0 radical (unpaired) electrons. The zero-order chi connectivity index (χ0) is 30.1. The molecule has 0 saturated carbocycles. The van der Waals surface area contributed by atoms with E-state index in [9.17, 15) is 30.0 Å². The predicted octanol–water partition coefficient (Wildman–Crippen LogP) is 3.91. The highest BCUT2D eigenvalue weighted by Crippen LogP contribution is 2.41. The van der Waals surface area contributed by atoms with E-state index in [1.54, 1.807) is 0 Å². The zero-order valence-electron chi connectivity index (χ0n) is 23.1. The van der Waals surface area contributed by atoms with Crippen LogP contribution in [0.15, 0.2) is 103 Å². The average molecular weight is 583 g/mol. The maximum Gasteiger partial charge on any atom is 0.193 e. The van der Waals surface area contributed by atoms with Crippen molar-refractivity contribution in [3.05, 3.63) is 139 Å². The zero-order valence-corrected chi connectivity index (χ0v) is 23.1. The van der Waals surface area contributed by atoms with Gasteiger partial charge in [0.15, 0.2) is 28.5 Å². The Hall–Kier alpha value is -4.70. The highest BCUT2D eigenvalue weighted by molar-refractivity contribution is 5.80. The molecule has 5 aromatic rings. The summed E-state index contributed by atoms with van der Waals surface area (Å²) >= 11 is 0. The first-order valence-corrected chi connectivity index (χ1v) is 14.0. The molecule has 9 nitrogen and oxygen atoms in total. The lowest BCUT2D eigenvalue weighted by molar-refractivity contribution is -0.122. The Morgan fingerprint density at radius 3 is 1.88 bits per heavy atom. The summed E-state index contributed by atoms with van der Waals surface area (Å²) in [5, 5.41) is 43.0. The number of aliphatic hydroxyl groups excluding tert-OH is 3. The number of hydrogen-bond donors (Lipinski definition) is 4. The molecule has 0 amide bonds. The van der Waals surface area contributed by atoms with E-state index in [-0.39, 0.29) is 33.5 Å². The second kappa shape index (κ2) is 11.9. The van der Waals surface area contributed by atoms with Gasteiger partial charge in [-0.2, -0.15) is 0 Å². The minimum absolute atomic E-state index is 0.116. The molecule has 2 heterocycles. The van der Waals surface area contributed by atoms with Gasteiger partial charge < -0.3 is 34.0 Å². The Bertz CT molecular complexity index is 1860. The number of benzene rings is 3. The number of hydrogen-bond acceptors (Lipinski definition) is 9. The van der Waals surface area contributed by atoms with Gasteiger partial charge in [-0.1, -0.05) is 60.7 Å². The number of phenols is 1. The lowest BCUT2D eigenvalue weighted by Gasteiger charge is -2.35. The van der Waals surface area contributed by atoms with Gasteiger partial charge in [-0.05, 0) is 30.0 Å². The minimum Gasteiger partial charge on any atom is -0.504 e. The summed E-state index contributed by atoms with van der Waals surface area (Å²) in [6.07, 6.45) is -4.61. The number of ether oxygens (including phenoxy) is 1. The summed E-state index contributed by atoms with van der Waals surface area (Å²) in [6.45, 7) is 0. The second-order valence-corrected chi connectivity index (χ2v) is 10.7. The van der Waals surface area contributed by atoms with E-state index in [0.717, 1.165) is 11.1 Å². The molecule has 3 aromatic carbocycles. The first kappa shape index (κ1) is 28.4. The third-order valence-corrected chi connectivity index (χ3v) is 7.72. The van der Waals surface area contributed by atoms with Crippen LogP contribution >= 0.6 is 0 Å². The van der Waals surface area contributed by atoms with E-state index in [2.05, 4.69) is 0 Å². The Morgan fingerprint density at radius 1 is 0.674 bits per heavy atom. The number of aliphatic hydroxyl groups is 3. The summed E-state index contributed by atoms with van der Waals surface area (Å²) in [7, 11) is 0. The molecule has 4 N–H and O–H groups in total. The van der Waals surface area contributed by atoms with Crippen LogP contribution in [-0.4, -0.2) is 32.6 Å². The summed E-state index contributed by atoms with van der Waals surface area (Å²) in [5.41, 5.74) is 1.14. The van der Waals surface area contributed by atoms with Crippen LogP contribution in [0.3, 0.4) is 0 Å². The van der Waals surface area contributed by atoms with Crippen molar-refractivity contribution in [1.82, 2.24) is 0 Å². The number of aromatic hydroxyl groups is 1. The van der Waals surface area contributed by atoms with E-state index in [1.807, 2.05) is 60.7 Å². The molecule has 0 aliphatic heterocycles. The normalized spacial score (nSPS) is 19.7. The van der Waals surface area contributed by atoms with Gasteiger partial charge in [0.05, 0.1) is 10.9 Å². The Morgan fingerprint density at radius 2 is 1.26 bits per heavy atom. The van der Waals surface area contributed by atoms with E-state index < -0.39 is 35.6 Å².